The van der Waals surface area contributed by atoms with Gasteiger partial charge in [-0.05, 0) is 19.4 Å². The van der Waals surface area contributed by atoms with Crippen LogP contribution in [0.4, 0.5) is 0 Å². The first-order valence-corrected chi connectivity index (χ1v) is 3.61. The number of carboxylic acid groups (broad SMARTS) is 1. The van der Waals surface area contributed by atoms with Crippen molar-refractivity contribution in [3.63, 3.8) is 0 Å². The van der Waals surface area contributed by atoms with Crippen molar-refractivity contribution in [3.8, 4) is 0 Å². The molecule has 0 fully saturated rings. The molecule has 4 nitrogen and oxygen atoms in total. The highest BCUT2D eigenvalue weighted by molar-refractivity contribution is 5.84. The van der Waals surface area contributed by atoms with E-state index in [-0.39, 0.29) is 5.91 Å². The molecule has 1 atom stereocenters. The molecule has 0 bridgehead atoms. The number of amides is 1. The van der Waals surface area contributed by atoms with Gasteiger partial charge in [0.25, 0.3) is 0 Å². The van der Waals surface area contributed by atoms with E-state index in [0.717, 1.165) is 0 Å². The first-order chi connectivity index (χ1) is 5.49. The third-order valence-corrected chi connectivity index (χ3v) is 1.51. The van der Waals surface area contributed by atoms with E-state index >= 15 is 0 Å². The molecule has 0 heterocycles. The number of carbonyl (C=O) groups excluding carboxylic acids is 1. The van der Waals surface area contributed by atoms with Gasteiger partial charge in [0.2, 0.25) is 5.91 Å². The lowest BCUT2D eigenvalue weighted by Crippen LogP contribution is -2.40. The van der Waals surface area contributed by atoms with Gasteiger partial charge in [-0.1, -0.05) is 6.08 Å². The molecule has 4 heteroatoms. The lowest BCUT2D eigenvalue weighted by atomic mass is 10.1. The monoisotopic (exact) mass is 171 g/mol. The quantitative estimate of drug-likeness (QED) is 0.609. The van der Waals surface area contributed by atoms with Gasteiger partial charge in [0.15, 0.2) is 0 Å². The molecule has 0 aliphatic rings. The van der Waals surface area contributed by atoms with Crippen molar-refractivity contribution in [1.29, 1.82) is 0 Å². The zero-order valence-electron chi connectivity index (χ0n) is 7.42. The third kappa shape index (κ3) is 3.18. The van der Waals surface area contributed by atoms with E-state index in [1.807, 2.05) is 0 Å². The zero-order chi connectivity index (χ0) is 9.72. The fourth-order valence-electron chi connectivity index (χ4n) is 0.740. The highest BCUT2D eigenvalue weighted by atomic mass is 16.4. The largest absolute Gasteiger partial charge is 0.479 e. The Bertz CT molecular complexity index is 220. The van der Waals surface area contributed by atoms with Crippen molar-refractivity contribution >= 4 is 11.9 Å². The van der Waals surface area contributed by atoms with E-state index in [1.165, 1.54) is 6.92 Å². The minimum Gasteiger partial charge on any atom is -0.479 e. The molecule has 0 aliphatic carbocycles. The van der Waals surface area contributed by atoms with Gasteiger partial charge in [0.1, 0.15) is 6.04 Å². The molecule has 0 aliphatic heterocycles. The first kappa shape index (κ1) is 10.7. The lowest BCUT2D eigenvalue weighted by molar-refractivity contribution is -0.140. The van der Waals surface area contributed by atoms with Crippen LogP contribution in [0.2, 0.25) is 0 Å². The molecule has 1 unspecified atom stereocenters. The van der Waals surface area contributed by atoms with Gasteiger partial charge >= 0.3 is 5.97 Å². The van der Waals surface area contributed by atoms with E-state index in [2.05, 4.69) is 5.32 Å². The number of allylic oxidation sites excluding steroid dienone is 1. The summed E-state index contributed by atoms with van der Waals surface area (Å²) < 4.78 is 0. The normalized spacial score (nSPS) is 13.8. The SMILES string of the molecule is C/C=C(\C)C(NC(C)=O)C(=O)O. The minimum absolute atomic E-state index is 0.344. The second kappa shape index (κ2) is 4.54. The number of aliphatic carboxylic acids is 1. The molecule has 2 N–H and O–H groups in total. The molecule has 0 radical (unpaired) electrons. The predicted octanol–water partition coefficient (Wildman–Crippen LogP) is 0.542. The van der Waals surface area contributed by atoms with Crippen LogP contribution in [-0.2, 0) is 9.59 Å². The van der Waals surface area contributed by atoms with Crippen molar-refractivity contribution in [3.05, 3.63) is 11.6 Å². The number of hydrogen-bond acceptors (Lipinski definition) is 2. The van der Waals surface area contributed by atoms with Crippen molar-refractivity contribution in [2.75, 3.05) is 0 Å². The molecule has 0 rings (SSSR count). The van der Waals surface area contributed by atoms with Gasteiger partial charge < -0.3 is 10.4 Å². The third-order valence-electron chi connectivity index (χ3n) is 1.51. The molecule has 1 amide bonds. The maximum Gasteiger partial charge on any atom is 0.330 e. The van der Waals surface area contributed by atoms with E-state index in [1.54, 1.807) is 19.9 Å². The van der Waals surface area contributed by atoms with E-state index < -0.39 is 12.0 Å². The molecule has 0 aromatic carbocycles. The van der Waals surface area contributed by atoms with Crippen LogP contribution in [0, 0.1) is 0 Å². The lowest BCUT2D eigenvalue weighted by Gasteiger charge is -2.12. The first-order valence-electron chi connectivity index (χ1n) is 3.61. The van der Waals surface area contributed by atoms with Gasteiger partial charge in [-0.25, -0.2) is 4.79 Å². The minimum atomic E-state index is -1.04. The summed E-state index contributed by atoms with van der Waals surface area (Å²) in [4.78, 5) is 21.2. The Morgan fingerprint density at radius 2 is 1.92 bits per heavy atom. The molecule has 0 aromatic heterocycles. The highest BCUT2D eigenvalue weighted by Crippen LogP contribution is 2.00. The van der Waals surface area contributed by atoms with Crippen molar-refractivity contribution in [2.45, 2.75) is 26.8 Å². The van der Waals surface area contributed by atoms with Crippen LogP contribution in [0.15, 0.2) is 11.6 Å². The number of nitrogens with one attached hydrogen (secondary N) is 1. The van der Waals surface area contributed by atoms with Crippen LogP contribution in [0.25, 0.3) is 0 Å². The molecule has 0 spiro atoms. The van der Waals surface area contributed by atoms with Gasteiger partial charge in [0.05, 0.1) is 0 Å². The van der Waals surface area contributed by atoms with Crippen LogP contribution in [0.5, 0.6) is 0 Å². The second-order valence-corrected chi connectivity index (χ2v) is 2.50. The molecular weight excluding hydrogens is 158 g/mol. The van der Waals surface area contributed by atoms with Crippen molar-refractivity contribution < 1.29 is 14.7 Å². The van der Waals surface area contributed by atoms with Crippen molar-refractivity contribution in [1.82, 2.24) is 5.32 Å². The Morgan fingerprint density at radius 3 is 2.17 bits per heavy atom. The average molecular weight is 171 g/mol. The van der Waals surface area contributed by atoms with Gasteiger partial charge in [-0.2, -0.15) is 0 Å². The Labute approximate surface area is 71.3 Å². The van der Waals surface area contributed by atoms with Gasteiger partial charge in [0, 0.05) is 6.92 Å². The Kier molecular flexibility index (Phi) is 4.04. The second-order valence-electron chi connectivity index (χ2n) is 2.50. The highest BCUT2D eigenvalue weighted by Gasteiger charge is 2.18. The van der Waals surface area contributed by atoms with Crippen LogP contribution >= 0.6 is 0 Å². The number of hydrogen-bond donors (Lipinski definition) is 2. The number of carbonyl (C=O) groups is 2. The molecule has 0 saturated heterocycles. The van der Waals surface area contributed by atoms with Crippen molar-refractivity contribution in [2.24, 2.45) is 0 Å². The van der Waals surface area contributed by atoms with E-state index in [4.69, 9.17) is 5.11 Å². The number of carboxylic acids is 1. The standard InChI is InChI=1S/C8H13NO3/c1-4-5(2)7(8(11)12)9-6(3)10/h4,7H,1-3H3,(H,9,10)(H,11,12)/b5-4+. The average Bonchev–Trinajstić information content (AvgIpc) is 1.98. The maximum atomic E-state index is 10.6. The van der Waals surface area contributed by atoms with Gasteiger partial charge in [-0.3, -0.25) is 4.79 Å². The Balaban J connectivity index is 4.45. The summed E-state index contributed by atoms with van der Waals surface area (Å²) in [5.41, 5.74) is 0.623. The molecule has 12 heavy (non-hydrogen) atoms. The summed E-state index contributed by atoms with van der Waals surface area (Å²) in [5, 5.41) is 11.0. The Morgan fingerprint density at radius 1 is 1.42 bits per heavy atom. The fraction of sp³-hybridized carbons (Fsp3) is 0.500. The Hall–Kier alpha value is -1.32. The predicted molar refractivity (Wildman–Crippen MR) is 44.7 cm³/mol. The van der Waals surface area contributed by atoms with E-state index in [0.29, 0.717) is 5.57 Å². The summed E-state index contributed by atoms with van der Waals surface area (Å²) in [7, 11) is 0. The van der Waals surface area contributed by atoms with Gasteiger partial charge in [-0.15, -0.1) is 0 Å². The summed E-state index contributed by atoms with van der Waals surface area (Å²) >= 11 is 0. The zero-order valence-corrected chi connectivity index (χ0v) is 7.42. The van der Waals surface area contributed by atoms with Crippen LogP contribution in [0.3, 0.4) is 0 Å². The van der Waals surface area contributed by atoms with E-state index in [9.17, 15) is 9.59 Å². The summed E-state index contributed by atoms with van der Waals surface area (Å²) in [5.74, 6) is -1.38. The smallest absolute Gasteiger partial charge is 0.330 e. The fourth-order valence-corrected chi connectivity index (χ4v) is 0.740. The molecular formula is C8H13NO3. The summed E-state index contributed by atoms with van der Waals surface area (Å²) in [6, 6.07) is -0.896. The summed E-state index contributed by atoms with van der Waals surface area (Å²) in [6.07, 6.45) is 1.66. The molecule has 0 saturated carbocycles. The summed E-state index contributed by atoms with van der Waals surface area (Å²) in [6.45, 7) is 4.68. The number of rotatable bonds is 3. The van der Waals surface area contributed by atoms with Crippen LogP contribution < -0.4 is 5.32 Å². The molecule has 0 aromatic rings. The maximum absolute atomic E-state index is 10.6. The topological polar surface area (TPSA) is 66.4 Å². The van der Waals surface area contributed by atoms with Crippen LogP contribution in [0.1, 0.15) is 20.8 Å². The van der Waals surface area contributed by atoms with Crippen LogP contribution in [-0.4, -0.2) is 23.0 Å². The molecule has 68 valence electrons.